The second kappa shape index (κ2) is 14.0. The second-order valence-corrected chi connectivity index (χ2v) is 11.8. The molecule has 1 N–H and O–H groups in total. The number of nitrogens with one attached hydrogen (secondary N) is 1. The Labute approximate surface area is 252 Å². The number of carbonyl (C=O) groups is 2. The van der Waals surface area contributed by atoms with Crippen molar-refractivity contribution in [3.8, 4) is 0 Å². The lowest BCUT2D eigenvalue weighted by molar-refractivity contribution is -0.141. The number of fused-ring (bicyclic) bond motifs is 1. The molecule has 5 rings (SSSR count). The zero-order valence-electron chi connectivity index (χ0n) is 23.2. The maximum Gasteiger partial charge on any atom is 0.243 e. The molecule has 0 aliphatic heterocycles. The van der Waals surface area contributed by atoms with Gasteiger partial charge < -0.3 is 10.2 Å². The van der Waals surface area contributed by atoms with E-state index in [0.29, 0.717) is 22.9 Å². The molecule has 0 bridgehead atoms. The number of benzene rings is 4. The first-order valence-electron chi connectivity index (χ1n) is 14.5. The van der Waals surface area contributed by atoms with E-state index in [4.69, 9.17) is 23.2 Å². The average Bonchev–Trinajstić information content (AvgIpc) is 3.00. The predicted octanol–water partition coefficient (Wildman–Crippen LogP) is 8.17. The Hall–Kier alpha value is -3.34. The highest BCUT2D eigenvalue weighted by atomic mass is 35.5. The Morgan fingerprint density at radius 2 is 1.54 bits per heavy atom. The summed E-state index contributed by atoms with van der Waals surface area (Å²) >= 11 is 12.6. The Morgan fingerprint density at radius 1 is 0.805 bits per heavy atom. The molecule has 6 heteroatoms. The Kier molecular flexibility index (Phi) is 9.97. The minimum Gasteiger partial charge on any atom is -0.352 e. The molecule has 0 unspecified atom stereocenters. The van der Waals surface area contributed by atoms with Crippen LogP contribution in [0.3, 0.4) is 0 Å². The summed E-state index contributed by atoms with van der Waals surface area (Å²) in [5, 5.41) is 6.49. The van der Waals surface area contributed by atoms with Gasteiger partial charge in [0.05, 0.1) is 10.0 Å². The van der Waals surface area contributed by atoms with Gasteiger partial charge in [-0.15, -0.1) is 0 Å². The van der Waals surface area contributed by atoms with E-state index in [2.05, 4.69) is 29.6 Å². The summed E-state index contributed by atoms with van der Waals surface area (Å²) in [5.41, 5.74) is 2.97. The van der Waals surface area contributed by atoms with Gasteiger partial charge in [-0.3, -0.25) is 9.59 Å². The number of hydrogen-bond donors (Lipinski definition) is 1. The third-order valence-electron chi connectivity index (χ3n) is 8.05. The van der Waals surface area contributed by atoms with Crippen LogP contribution in [0.4, 0.5) is 0 Å². The molecule has 1 saturated carbocycles. The van der Waals surface area contributed by atoms with Crippen LogP contribution in [0.15, 0.2) is 91.0 Å². The van der Waals surface area contributed by atoms with E-state index in [1.54, 1.807) is 17.0 Å². The number of rotatable bonds is 10. The van der Waals surface area contributed by atoms with Crippen LogP contribution in [-0.4, -0.2) is 28.8 Å². The smallest absolute Gasteiger partial charge is 0.243 e. The molecule has 0 radical (unpaired) electrons. The molecule has 0 aromatic heterocycles. The van der Waals surface area contributed by atoms with Crippen molar-refractivity contribution in [1.82, 2.24) is 10.2 Å². The number of nitrogens with zero attached hydrogens (tertiary/aromatic N) is 1. The minimum absolute atomic E-state index is 0.0660. The lowest BCUT2D eigenvalue weighted by Gasteiger charge is -2.33. The molecular weight excluding hydrogens is 551 g/mol. The summed E-state index contributed by atoms with van der Waals surface area (Å²) in [4.78, 5) is 29.8. The van der Waals surface area contributed by atoms with Crippen molar-refractivity contribution in [2.24, 2.45) is 0 Å². The number of hydrogen-bond acceptors (Lipinski definition) is 2. The highest BCUT2D eigenvalue weighted by Crippen LogP contribution is 2.26. The van der Waals surface area contributed by atoms with Gasteiger partial charge in [-0.2, -0.15) is 0 Å². The van der Waals surface area contributed by atoms with Gasteiger partial charge in [0.2, 0.25) is 11.8 Å². The Bertz CT molecular complexity index is 1480. The lowest BCUT2D eigenvalue weighted by Crippen LogP contribution is -2.52. The van der Waals surface area contributed by atoms with Gasteiger partial charge in [-0.05, 0) is 58.9 Å². The van der Waals surface area contributed by atoms with E-state index in [0.717, 1.165) is 53.1 Å². The van der Waals surface area contributed by atoms with Crippen molar-refractivity contribution in [3.63, 3.8) is 0 Å². The average molecular weight is 588 g/mol. The first-order valence-corrected chi connectivity index (χ1v) is 15.3. The number of amides is 2. The summed E-state index contributed by atoms with van der Waals surface area (Å²) in [6.07, 6.45) is 6.70. The zero-order valence-corrected chi connectivity index (χ0v) is 24.7. The minimum atomic E-state index is -0.659. The molecule has 0 heterocycles. The van der Waals surface area contributed by atoms with Crippen molar-refractivity contribution in [1.29, 1.82) is 0 Å². The van der Waals surface area contributed by atoms with Crippen LogP contribution < -0.4 is 5.32 Å². The van der Waals surface area contributed by atoms with E-state index in [1.807, 2.05) is 54.6 Å². The molecule has 1 aliphatic carbocycles. The zero-order chi connectivity index (χ0) is 28.6. The molecular formula is C35H36Cl2N2O2. The normalized spacial score (nSPS) is 14.5. The molecule has 4 aromatic carbocycles. The maximum absolute atomic E-state index is 14.1. The predicted molar refractivity (Wildman–Crippen MR) is 168 cm³/mol. The molecule has 2 amide bonds. The molecule has 1 fully saturated rings. The van der Waals surface area contributed by atoms with Gasteiger partial charge >= 0.3 is 0 Å². The van der Waals surface area contributed by atoms with Crippen molar-refractivity contribution >= 4 is 45.8 Å². The Balaban J connectivity index is 1.45. The summed E-state index contributed by atoms with van der Waals surface area (Å²) < 4.78 is 0. The van der Waals surface area contributed by atoms with E-state index >= 15 is 0 Å². The third-order valence-corrected chi connectivity index (χ3v) is 8.79. The van der Waals surface area contributed by atoms with Crippen molar-refractivity contribution in [2.45, 2.75) is 70.0 Å². The van der Waals surface area contributed by atoms with Crippen LogP contribution in [0.2, 0.25) is 10.0 Å². The van der Waals surface area contributed by atoms with Gasteiger partial charge in [-0.25, -0.2) is 0 Å². The summed E-state index contributed by atoms with van der Waals surface area (Å²) in [6, 6.07) is 29.2. The van der Waals surface area contributed by atoms with Gasteiger partial charge in [0.25, 0.3) is 0 Å². The third kappa shape index (κ3) is 7.69. The van der Waals surface area contributed by atoms with Crippen molar-refractivity contribution < 1.29 is 9.59 Å². The molecule has 0 spiro atoms. The largest absolute Gasteiger partial charge is 0.352 e. The second-order valence-electron chi connectivity index (χ2n) is 11.0. The lowest BCUT2D eigenvalue weighted by atomic mass is 9.94. The van der Waals surface area contributed by atoms with Gasteiger partial charge in [-0.1, -0.05) is 121 Å². The van der Waals surface area contributed by atoms with E-state index in [-0.39, 0.29) is 30.8 Å². The van der Waals surface area contributed by atoms with Crippen LogP contribution in [0.5, 0.6) is 0 Å². The summed E-state index contributed by atoms with van der Waals surface area (Å²) in [5.74, 6) is -0.164. The fourth-order valence-electron chi connectivity index (χ4n) is 5.83. The van der Waals surface area contributed by atoms with E-state index in [9.17, 15) is 9.59 Å². The van der Waals surface area contributed by atoms with Crippen LogP contribution in [0, 0.1) is 0 Å². The summed E-state index contributed by atoms with van der Waals surface area (Å²) in [6.45, 7) is 0.265. The SMILES string of the molecule is O=C(NC1CCCCC1)[C@@H](Cc1ccccc1)N(Cc1ccc(Cl)c(Cl)c1)C(=O)CCc1cccc2ccccc12. The standard InChI is InChI=1S/C35H36Cl2N2O2/c36-31-20-18-26(22-32(31)37)24-39(34(40)21-19-28-14-9-13-27-12-7-8-17-30(27)28)33(23-25-10-3-1-4-11-25)35(41)38-29-15-5-2-6-16-29/h1,3-4,7-14,17-18,20,22,29,33H,2,5-6,15-16,19,21,23-24H2,(H,38,41)/t33-/m1/s1. The number of aryl methyl sites for hydroxylation is 1. The first-order chi connectivity index (χ1) is 20.0. The van der Waals surface area contributed by atoms with E-state index in [1.165, 1.54) is 6.42 Å². The number of halogens is 2. The Morgan fingerprint density at radius 3 is 2.32 bits per heavy atom. The fraction of sp³-hybridized carbons (Fsp3) is 0.314. The molecule has 0 saturated heterocycles. The van der Waals surface area contributed by atoms with Crippen molar-refractivity contribution in [3.05, 3.63) is 118 Å². The molecule has 1 aliphatic rings. The molecule has 4 nitrogen and oxygen atoms in total. The van der Waals surface area contributed by atoms with Gasteiger partial charge in [0, 0.05) is 25.4 Å². The monoisotopic (exact) mass is 586 g/mol. The number of carbonyl (C=O) groups excluding carboxylic acids is 2. The maximum atomic E-state index is 14.1. The van der Waals surface area contributed by atoms with E-state index < -0.39 is 6.04 Å². The van der Waals surface area contributed by atoms with Gasteiger partial charge in [0.1, 0.15) is 6.04 Å². The molecule has 212 valence electrons. The van der Waals surface area contributed by atoms with Crippen LogP contribution in [0.1, 0.15) is 55.2 Å². The van der Waals surface area contributed by atoms with Gasteiger partial charge in [0.15, 0.2) is 0 Å². The highest BCUT2D eigenvalue weighted by Gasteiger charge is 2.32. The van der Waals surface area contributed by atoms with Crippen molar-refractivity contribution in [2.75, 3.05) is 0 Å². The molecule has 41 heavy (non-hydrogen) atoms. The van der Waals surface area contributed by atoms with Crippen LogP contribution in [0.25, 0.3) is 10.8 Å². The summed E-state index contributed by atoms with van der Waals surface area (Å²) in [7, 11) is 0. The molecule has 1 atom stereocenters. The quantitative estimate of drug-likeness (QED) is 0.204. The van der Waals surface area contributed by atoms with Crippen LogP contribution >= 0.6 is 23.2 Å². The fourth-order valence-corrected chi connectivity index (χ4v) is 6.15. The topological polar surface area (TPSA) is 49.4 Å². The van der Waals surface area contributed by atoms with Crippen LogP contribution in [-0.2, 0) is 29.0 Å². The first kappa shape index (κ1) is 29.2. The molecule has 4 aromatic rings. The highest BCUT2D eigenvalue weighted by molar-refractivity contribution is 6.42.